The summed E-state index contributed by atoms with van der Waals surface area (Å²) in [7, 11) is 6.36. The number of benzene rings is 2. The number of fused-ring (bicyclic) bond motifs is 2. The summed E-state index contributed by atoms with van der Waals surface area (Å²) in [6.07, 6.45) is 0.00886. The lowest BCUT2D eigenvalue weighted by molar-refractivity contribution is 0.00863. The van der Waals surface area contributed by atoms with Gasteiger partial charge in [0.1, 0.15) is 11.7 Å². The molecule has 0 saturated carbocycles. The average molecular weight is 527 g/mol. The van der Waals surface area contributed by atoms with E-state index >= 15 is 0 Å². The first-order valence-electron chi connectivity index (χ1n) is 9.31. The molecule has 2 aromatic carbocycles. The quantitative estimate of drug-likeness (QED) is 0.356. The second kappa shape index (κ2) is 7.69. The summed E-state index contributed by atoms with van der Waals surface area (Å²) in [5.41, 5.74) is 2.58. The average Bonchev–Trinajstić information content (AvgIpc) is 3.08. The second-order valence-corrected chi connectivity index (χ2v) is 8.28. The first-order chi connectivity index (χ1) is 14.3. The van der Waals surface area contributed by atoms with E-state index in [0.29, 0.717) is 44.7 Å². The summed E-state index contributed by atoms with van der Waals surface area (Å²) in [6, 6.07) is 3.12. The van der Waals surface area contributed by atoms with E-state index in [9.17, 15) is 15.0 Å². The number of aromatic hydroxyl groups is 2. The highest BCUT2D eigenvalue weighted by Gasteiger charge is 2.46. The van der Waals surface area contributed by atoms with Crippen LogP contribution in [-0.2, 0) is 11.2 Å². The third-order valence-corrected chi connectivity index (χ3v) is 6.94. The number of phenols is 2. The molecule has 8 nitrogen and oxygen atoms in total. The van der Waals surface area contributed by atoms with Gasteiger partial charge in [0.15, 0.2) is 23.0 Å². The van der Waals surface area contributed by atoms with Gasteiger partial charge in [0.05, 0.1) is 30.9 Å². The molecule has 0 radical (unpaired) electrons. The fraction of sp³-hybridized carbons (Fsp3) is 0.381. The van der Waals surface area contributed by atoms with Gasteiger partial charge >= 0.3 is 5.97 Å². The number of carbonyl (C=O) groups excluding carboxylic acids is 1. The lowest BCUT2D eigenvalue weighted by Gasteiger charge is -2.39. The van der Waals surface area contributed by atoms with Gasteiger partial charge in [-0.05, 0) is 47.7 Å². The lowest BCUT2D eigenvalue weighted by Crippen LogP contribution is -2.36. The maximum absolute atomic E-state index is 12.8. The number of cyclic esters (lactones) is 1. The summed E-state index contributed by atoms with van der Waals surface area (Å²) in [5, 5.41) is 20.9. The van der Waals surface area contributed by atoms with Gasteiger partial charge in [-0.3, -0.25) is 4.90 Å². The van der Waals surface area contributed by atoms with Crippen molar-refractivity contribution in [1.29, 1.82) is 0 Å². The van der Waals surface area contributed by atoms with E-state index in [1.165, 1.54) is 21.3 Å². The molecule has 4 rings (SSSR count). The first kappa shape index (κ1) is 20.9. The number of esters is 1. The fourth-order valence-corrected chi connectivity index (χ4v) is 5.21. The first-order valence-corrected chi connectivity index (χ1v) is 10.4. The summed E-state index contributed by atoms with van der Waals surface area (Å²) in [5.74, 6) is -0.0628. The van der Waals surface area contributed by atoms with Crippen molar-refractivity contribution in [2.24, 2.45) is 0 Å². The Hall–Kier alpha value is -2.40. The topological polar surface area (TPSA) is 97.7 Å². The molecule has 2 aliphatic rings. The number of phenolic OH excluding ortho intramolecular Hbond substituents is 2. The van der Waals surface area contributed by atoms with Gasteiger partial charge in [0.25, 0.3) is 0 Å². The largest absolute Gasteiger partial charge is 0.503 e. The van der Waals surface area contributed by atoms with Gasteiger partial charge < -0.3 is 29.2 Å². The predicted octanol–water partition coefficient (Wildman–Crippen LogP) is 3.17. The van der Waals surface area contributed by atoms with Crippen LogP contribution in [0.5, 0.6) is 28.7 Å². The Morgan fingerprint density at radius 2 is 1.80 bits per heavy atom. The predicted molar refractivity (Wildman–Crippen MR) is 116 cm³/mol. The van der Waals surface area contributed by atoms with Crippen molar-refractivity contribution in [3.05, 3.63) is 38.0 Å². The normalized spacial score (nSPS) is 20.4. The molecule has 2 aromatic rings. The van der Waals surface area contributed by atoms with Crippen LogP contribution in [0.1, 0.15) is 39.2 Å². The summed E-state index contributed by atoms with van der Waals surface area (Å²) in [4.78, 5) is 14.9. The van der Waals surface area contributed by atoms with Gasteiger partial charge in [-0.25, -0.2) is 4.79 Å². The standard InChI is InChI=1S/C21H22INO7/c1-23-8-7-9-12(20(29-4)17(25)16(24)14(9)22)15(23)18-10-5-6-11(27-2)19(28-3)13(10)21(26)30-18/h5-6,15,18,24-25H,7-8H2,1-4H3/t15-,18?/m1/s1. The van der Waals surface area contributed by atoms with Crippen molar-refractivity contribution in [3.8, 4) is 28.7 Å². The number of ether oxygens (including phenoxy) is 4. The minimum atomic E-state index is -0.648. The molecule has 0 spiro atoms. The van der Waals surface area contributed by atoms with Gasteiger partial charge in [0.2, 0.25) is 5.75 Å². The smallest absolute Gasteiger partial charge is 0.343 e. The molecule has 160 valence electrons. The van der Waals surface area contributed by atoms with E-state index in [0.717, 1.165) is 5.56 Å². The number of likely N-dealkylation sites (N-methyl/N-ethyl adjacent to an activating group) is 1. The number of nitrogens with zero attached hydrogens (tertiary/aromatic N) is 1. The van der Waals surface area contributed by atoms with Crippen molar-refractivity contribution in [1.82, 2.24) is 4.90 Å². The van der Waals surface area contributed by atoms with Crippen LogP contribution >= 0.6 is 22.6 Å². The fourth-order valence-electron chi connectivity index (χ4n) is 4.39. The summed E-state index contributed by atoms with van der Waals surface area (Å²) >= 11 is 2.02. The van der Waals surface area contributed by atoms with E-state index in [1.54, 1.807) is 12.1 Å². The minimum Gasteiger partial charge on any atom is -0.503 e. The van der Waals surface area contributed by atoms with Gasteiger partial charge in [-0.15, -0.1) is 0 Å². The van der Waals surface area contributed by atoms with E-state index in [2.05, 4.69) is 4.90 Å². The lowest BCUT2D eigenvalue weighted by atomic mass is 9.85. The number of hydrogen-bond donors (Lipinski definition) is 2. The molecular formula is C21H22INO7. The minimum absolute atomic E-state index is 0.185. The third kappa shape index (κ3) is 2.86. The van der Waals surface area contributed by atoms with Crippen LogP contribution < -0.4 is 14.2 Å². The molecule has 0 aliphatic carbocycles. The highest BCUT2D eigenvalue weighted by molar-refractivity contribution is 14.1. The molecule has 1 unspecified atom stereocenters. The molecule has 2 heterocycles. The van der Waals surface area contributed by atoms with E-state index in [4.69, 9.17) is 18.9 Å². The van der Waals surface area contributed by atoms with Crippen molar-refractivity contribution in [2.45, 2.75) is 18.6 Å². The zero-order chi connectivity index (χ0) is 21.7. The van der Waals surface area contributed by atoms with Crippen LogP contribution in [0.3, 0.4) is 0 Å². The van der Waals surface area contributed by atoms with Gasteiger partial charge in [0, 0.05) is 17.7 Å². The van der Waals surface area contributed by atoms with Crippen LogP contribution in [0.15, 0.2) is 12.1 Å². The molecule has 30 heavy (non-hydrogen) atoms. The Kier molecular flexibility index (Phi) is 5.35. The Balaban J connectivity index is 1.94. The molecule has 0 amide bonds. The van der Waals surface area contributed by atoms with Crippen molar-refractivity contribution in [3.63, 3.8) is 0 Å². The Morgan fingerprint density at radius 1 is 1.10 bits per heavy atom. The molecule has 0 aromatic heterocycles. The van der Waals surface area contributed by atoms with E-state index in [-0.39, 0.29) is 17.2 Å². The maximum atomic E-state index is 12.8. The van der Waals surface area contributed by atoms with E-state index in [1.807, 2.05) is 29.6 Å². The summed E-state index contributed by atoms with van der Waals surface area (Å²) < 4.78 is 22.7. The maximum Gasteiger partial charge on any atom is 0.343 e. The molecule has 0 fully saturated rings. The van der Waals surface area contributed by atoms with Gasteiger partial charge in [-0.1, -0.05) is 6.07 Å². The van der Waals surface area contributed by atoms with E-state index < -0.39 is 18.1 Å². The van der Waals surface area contributed by atoms with Crippen LogP contribution in [0, 0.1) is 3.57 Å². The Morgan fingerprint density at radius 3 is 2.43 bits per heavy atom. The number of carbonyl (C=O) groups is 1. The third-order valence-electron chi connectivity index (χ3n) is 5.78. The van der Waals surface area contributed by atoms with Gasteiger partial charge in [-0.2, -0.15) is 0 Å². The van der Waals surface area contributed by atoms with Crippen molar-refractivity contribution in [2.75, 3.05) is 34.9 Å². The highest BCUT2D eigenvalue weighted by Crippen LogP contribution is 2.55. The Labute approximate surface area is 187 Å². The SMILES string of the molecule is COc1ccc2c(c1OC)C(=O)OC2[C@H]1c2c(c(I)c(O)c(O)c2OC)CCN1C. The molecule has 0 saturated heterocycles. The number of hydrogen-bond acceptors (Lipinski definition) is 8. The van der Waals surface area contributed by atoms with Crippen LogP contribution in [0.25, 0.3) is 0 Å². The highest BCUT2D eigenvalue weighted by atomic mass is 127. The van der Waals surface area contributed by atoms with Crippen molar-refractivity contribution >= 4 is 28.6 Å². The van der Waals surface area contributed by atoms with Crippen LogP contribution in [0.4, 0.5) is 0 Å². The summed E-state index contributed by atoms with van der Waals surface area (Å²) in [6.45, 7) is 0.678. The second-order valence-electron chi connectivity index (χ2n) is 7.20. The molecular weight excluding hydrogens is 505 g/mol. The number of methoxy groups -OCH3 is 3. The zero-order valence-electron chi connectivity index (χ0n) is 17.0. The molecule has 9 heteroatoms. The molecule has 2 N–H and O–H groups in total. The molecule has 2 atom stereocenters. The Bertz CT molecular complexity index is 1020. The van der Waals surface area contributed by atoms with Crippen LogP contribution in [-0.4, -0.2) is 56.0 Å². The molecule has 2 aliphatic heterocycles. The number of rotatable bonds is 4. The zero-order valence-corrected chi connectivity index (χ0v) is 19.1. The molecule has 0 bridgehead atoms. The number of halogens is 1. The monoisotopic (exact) mass is 527 g/mol. The van der Waals surface area contributed by atoms with Crippen LogP contribution in [0.2, 0.25) is 0 Å². The van der Waals surface area contributed by atoms with Crippen molar-refractivity contribution < 1.29 is 34.0 Å².